The molecule has 1 aromatic carbocycles. The molecule has 0 unspecified atom stereocenters. The molecule has 0 saturated carbocycles. The highest BCUT2D eigenvalue weighted by Crippen LogP contribution is 2.27. The van der Waals surface area contributed by atoms with Crippen molar-refractivity contribution in [1.82, 2.24) is 0 Å². The van der Waals surface area contributed by atoms with Crippen LogP contribution in [0.2, 0.25) is 0 Å². The number of hydrogen-bond donors (Lipinski definition) is 1. The van der Waals surface area contributed by atoms with Gasteiger partial charge in [-0.25, -0.2) is 4.39 Å². The lowest BCUT2D eigenvalue weighted by Crippen LogP contribution is -2.29. The highest BCUT2D eigenvalue weighted by molar-refractivity contribution is 5.55. The average molecular weight is 294 g/mol. The summed E-state index contributed by atoms with van der Waals surface area (Å²) in [5.74, 6) is 1.11. The Bertz CT molecular complexity index is 415. The first kappa shape index (κ1) is 18.0. The number of benzene rings is 1. The fraction of sp³-hybridized carbons (Fsp3) is 0.667. The van der Waals surface area contributed by atoms with Crippen LogP contribution in [0.5, 0.6) is 0 Å². The van der Waals surface area contributed by atoms with Crippen LogP contribution in [0.1, 0.15) is 59.1 Å². The predicted octanol–water partition coefficient (Wildman–Crippen LogP) is 4.74. The van der Waals surface area contributed by atoms with Gasteiger partial charge in [0.15, 0.2) is 0 Å². The first-order chi connectivity index (χ1) is 9.81. The van der Waals surface area contributed by atoms with Gasteiger partial charge in [-0.2, -0.15) is 0 Å². The van der Waals surface area contributed by atoms with Gasteiger partial charge in [0, 0.05) is 24.8 Å². The van der Waals surface area contributed by atoms with Crippen LogP contribution in [0.3, 0.4) is 0 Å². The lowest BCUT2D eigenvalue weighted by molar-refractivity contribution is 0.533. The summed E-state index contributed by atoms with van der Waals surface area (Å²) < 4.78 is 13.5. The average Bonchev–Trinajstić information content (AvgIpc) is 2.38. The van der Waals surface area contributed by atoms with Gasteiger partial charge in [0.05, 0.1) is 0 Å². The summed E-state index contributed by atoms with van der Waals surface area (Å²) in [6.07, 6.45) is 2.27. The van der Waals surface area contributed by atoms with Gasteiger partial charge in [-0.05, 0) is 55.4 Å². The Hall–Kier alpha value is -1.09. The summed E-state index contributed by atoms with van der Waals surface area (Å²) in [4.78, 5) is 2.37. The third-order valence-electron chi connectivity index (χ3n) is 3.77. The number of nitrogens with two attached hydrogens (primary N) is 1. The maximum Gasteiger partial charge on any atom is 0.123 e. The predicted molar refractivity (Wildman–Crippen MR) is 90.1 cm³/mol. The Morgan fingerprint density at radius 2 is 1.52 bits per heavy atom. The molecule has 0 saturated heterocycles. The van der Waals surface area contributed by atoms with Crippen LogP contribution in [0, 0.1) is 17.7 Å². The molecule has 0 bridgehead atoms. The third kappa shape index (κ3) is 6.04. The molecule has 21 heavy (non-hydrogen) atoms. The molecule has 1 atom stereocenters. The molecule has 1 rings (SSSR count). The van der Waals surface area contributed by atoms with E-state index in [1.807, 2.05) is 13.0 Å². The van der Waals surface area contributed by atoms with Crippen LogP contribution in [0.15, 0.2) is 18.2 Å². The highest BCUT2D eigenvalue weighted by atomic mass is 19.1. The second kappa shape index (κ2) is 8.38. The lowest BCUT2D eigenvalue weighted by atomic mass is 10.0. The molecule has 0 radical (unpaired) electrons. The Labute approximate surface area is 129 Å². The summed E-state index contributed by atoms with van der Waals surface area (Å²) in [6.45, 7) is 12.8. The molecular formula is C18H31FN2. The zero-order valence-electron chi connectivity index (χ0n) is 14.2. The van der Waals surface area contributed by atoms with Crippen molar-refractivity contribution in [2.75, 3.05) is 18.0 Å². The molecule has 120 valence electrons. The molecule has 0 aliphatic rings. The van der Waals surface area contributed by atoms with Crippen molar-refractivity contribution < 1.29 is 4.39 Å². The van der Waals surface area contributed by atoms with Gasteiger partial charge >= 0.3 is 0 Å². The minimum Gasteiger partial charge on any atom is -0.371 e. The van der Waals surface area contributed by atoms with Gasteiger partial charge in [0.2, 0.25) is 0 Å². The van der Waals surface area contributed by atoms with E-state index in [4.69, 9.17) is 5.73 Å². The van der Waals surface area contributed by atoms with Gasteiger partial charge in [-0.15, -0.1) is 0 Å². The van der Waals surface area contributed by atoms with Gasteiger partial charge in [0.25, 0.3) is 0 Å². The van der Waals surface area contributed by atoms with E-state index in [0.717, 1.165) is 37.2 Å². The maximum absolute atomic E-state index is 13.5. The zero-order valence-corrected chi connectivity index (χ0v) is 14.2. The van der Waals surface area contributed by atoms with Gasteiger partial charge in [-0.1, -0.05) is 27.7 Å². The molecule has 0 aromatic heterocycles. The molecule has 0 amide bonds. The summed E-state index contributed by atoms with van der Waals surface area (Å²) >= 11 is 0. The standard InChI is InChI=1S/C18H31FN2/c1-13(2)8-10-21(11-9-14(3)4)18-7-6-16(19)12-17(18)15(5)20/h6-7,12-15H,8-11,20H2,1-5H3/t15-/m1/s1. The normalized spacial score (nSPS) is 13.0. The fourth-order valence-electron chi connectivity index (χ4n) is 2.36. The number of halogens is 1. The minimum absolute atomic E-state index is 0.156. The molecule has 2 nitrogen and oxygen atoms in total. The molecule has 3 heteroatoms. The third-order valence-corrected chi connectivity index (χ3v) is 3.77. The van der Waals surface area contributed by atoms with E-state index < -0.39 is 0 Å². The van der Waals surface area contributed by atoms with Gasteiger partial charge in [-0.3, -0.25) is 0 Å². The Balaban J connectivity index is 3.00. The number of anilines is 1. The molecule has 0 spiro atoms. The summed E-state index contributed by atoms with van der Waals surface area (Å²) in [6, 6.07) is 4.85. The van der Waals surface area contributed by atoms with Crippen molar-refractivity contribution in [1.29, 1.82) is 0 Å². The number of rotatable bonds is 8. The molecule has 0 aliphatic carbocycles. The molecule has 2 N–H and O–H groups in total. The largest absolute Gasteiger partial charge is 0.371 e. The van der Waals surface area contributed by atoms with E-state index in [1.165, 1.54) is 0 Å². The van der Waals surface area contributed by atoms with Crippen LogP contribution in [0.4, 0.5) is 10.1 Å². The summed E-state index contributed by atoms with van der Waals surface area (Å²) in [5, 5.41) is 0. The lowest BCUT2D eigenvalue weighted by Gasteiger charge is -2.29. The van der Waals surface area contributed by atoms with Gasteiger partial charge < -0.3 is 10.6 Å². The van der Waals surface area contributed by atoms with E-state index in [-0.39, 0.29) is 11.9 Å². The summed E-state index contributed by atoms with van der Waals surface area (Å²) in [5.41, 5.74) is 8.04. The number of nitrogens with zero attached hydrogens (tertiary/aromatic N) is 1. The first-order valence-electron chi connectivity index (χ1n) is 8.11. The van der Waals surface area contributed by atoms with Crippen LogP contribution in [0.25, 0.3) is 0 Å². The van der Waals surface area contributed by atoms with Crippen LogP contribution >= 0.6 is 0 Å². The Morgan fingerprint density at radius 3 is 1.95 bits per heavy atom. The summed E-state index contributed by atoms with van der Waals surface area (Å²) in [7, 11) is 0. The van der Waals surface area contributed by atoms with Crippen LogP contribution in [-0.2, 0) is 0 Å². The monoisotopic (exact) mass is 294 g/mol. The minimum atomic E-state index is -0.210. The van der Waals surface area contributed by atoms with E-state index in [0.29, 0.717) is 11.8 Å². The van der Waals surface area contributed by atoms with Crippen molar-refractivity contribution in [3.8, 4) is 0 Å². The molecule has 0 aliphatic heterocycles. The van der Waals surface area contributed by atoms with E-state index in [2.05, 4.69) is 32.6 Å². The van der Waals surface area contributed by atoms with Gasteiger partial charge in [0.1, 0.15) is 5.82 Å². The second-order valence-electron chi connectivity index (χ2n) is 6.84. The SMILES string of the molecule is CC(C)CCN(CCC(C)C)c1ccc(F)cc1[C@@H](C)N. The van der Waals surface area contributed by atoms with Crippen molar-refractivity contribution in [3.63, 3.8) is 0 Å². The molecular weight excluding hydrogens is 263 g/mol. The molecule has 0 heterocycles. The second-order valence-corrected chi connectivity index (χ2v) is 6.84. The highest BCUT2D eigenvalue weighted by Gasteiger charge is 2.15. The van der Waals surface area contributed by atoms with Crippen molar-refractivity contribution in [2.45, 2.75) is 53.5 Å². The van der Waals surface area contributed by atoms with Crippen LogP contribution < -0.4 is 10.6 Å². The van der Waals surface area contributed by atoms with Crippen LogP contribution in [-0.4, -0.2) is 13.1 Å². The van der Waals surface area contributed by atoms with E-state index >= 15 is 0 Å². The Kier molecular flexibility index (Phi) is 7.16. The van der Waals surface area contributed by atoms with E-state index in [9.17, 15) is 4.39 Å². The quantitative estimate of drug-likeness (QED) is 0.750. The number of hydrogen-bond acceptors (Lipinski definition) is 2. The van der Waals surface area contributed by atoms with E-state index in [1.54, 1.807) is 12.1 Å². The topological polar surface area (TPSA) is 29.3 Å². The van der Waals surface area contributed by atoms with Crippen molar-refractivity contribution in [3.05, 3.63) is 29.6 Å². The molecule has 0 fully saturated rings. The van der Waals surface area contributed by atoms with Crippen molar-refractivity contribution >= 4 is 5.69 Å². The zero-order chi connectivity index (χ0) is 16.0. The van der Waals surface area contributed by atoms with Crippen molar-refractivity contribution in [2.24, 2.45) is 17.6 Å². The maximum atomic E-state index is 13.5. The first-order valence-corrected chi connectivity index (χ1v) is 8.11. The molecule has 1 aromatic rings. The fourth-order valence-corrected chi connectivity index (χ4v) is 2.36. The Morgan fingerprint density at radius 1 is 1.00 bits per heavy atom. The smallest absolute Gasteiger partial charge is 0.123 e.